The Morgan fingerprint density at radius 1 is 1.03 bits per heavy atom. The summed E-state index contributed by atoms with van der Waals surface area (Å²) >= 11 is 12.5. The van der Waals surface area contributed by atoms with Gasteiger partial charge in [-0.15, -0.1) is 0 Å². The number of sulfonamides is 1. The molecule has 39 heavy (non-hydrogen) atoms. The molecule has 0 aliphatic rings. The summed E-state index contributed by atoms with van der Waals surface area (Å²) in [5.41, 5.74) is 0.927. The first-order chi connectivity index (χ1) is 18.6. The molecule has 0 saturated heterocycles. The standard InChI is InChI=1S/C26H27Cl2N3O7S/c1-2-37-23-6-3-4-7-24(23)38-17-22-20(27)16-21(28)26(33)31(22)14-12-18-8-10-19(11-9-18)25(32)30-39(35,36)15-5-13-29-34/h3-4,6-11,16H,2,5,12-15,17H2,1H3,(H,30,32). The van der Waals surface area contributed by atoms with E-state index in [0.29, 0.717) is 30.2 Å². The predicted octanol–water partition coefficient (Wildman–Crippen LogP) is 4.59. The Kier molecular flexibility index (Phi) is 10.9. The Morgan fingerprint density at radius 3 is 2.33 bits per heavy atom. The van der Waals surface area contributed by atoms with E-state index >= 15 is 0 Å². The molecule has 1 aromatic heterocycles. The highest BCUT2D eigenvalue weighted by Gasteiger charge is 2.17. The fourth-order valence-electron chi connectivity index (χ4n) is 3.64. The largest absolute Gasteiger partial charge is 0.490 e. The lowest BCUT2D eigenvalue weighted by molar-refractivity contribution is 0.0981. The van der Waals surface area contributed by atoms with Gasteiger partial charge in [0.15, 0.2) is 11.5 Å². The van der Waals surface area contributed by atoms with E-state index in [0.717, 1.165) is 5.56 Å². The maximum absolute atomic E-state index is 12.9. The van der Waals surface area contributed by atoms with E-state index in [1.807, 2.05) is 17.7 Å². The lowest BCUT2D eigenvalue weighted by Crippen LogP contribution is -2.32. The highest BCUT2D eigenvalue weighted by atomic mass is 35.5. The molecule has 0 bridgehead atoms. The Balaban J connectivity index is 1.72. The molecule has 3 aromatic rings. The third kappa shape index (κ3) is 8.54. The zero-order chi connectivity index (χ0) is 28.4. The zero-order valence-electron chi connectivity index (χ0n) is 21.1. The number of benzene rings is 2. The van der Waals surface area contributed by atoms with E-state index in [-0.39, 0.29) is 47.5 Å². The van der Waals surface area contributed by atoms with Crippen LogP contribution in [-0.4, -0.2) is 37.8 Å². The monoisotopic (exact) mass is 595 g/mol. The van der Waals surface area contributed by atoms with E-state index < -0.39 is 21.5 Å². The number of carbonyl (C=O) groups excluding carboxylic acids is 1. The molecule has 0 unspecified atom stereocenters. The van der Waals surface area contributed by atoms with E-state index in [4.69, 9.17) is 32.7 Å². The van der Waals surface area contributed by atoms with Gasteiger partial charge in [-0.25, -0.2) is 13.1 Å². The summed E-state index contributed by atoms with van der Waals surface area (Å²) in [4.78, 5) is 35.3. The third-order valence-corrected chi connectivity index (χ3v) is 7.49. The van der Waals surface area contributed by atoms with Crippen LogP contribution in [0.25, 0.3) is 0 Å². The average Bonchev–Trinajstić information content (AvgIpc) is 2.90. The lowest BCUT2D eigenvalue weighted by atomic mass is 10.1. The van der Waals surface area contributed by atoms with Crippen LogP contribution < -0.4 is 19.8 Å². The number of halogens is 2. The molecule has 2 aromatic carbocycles. The summed E-state index contributed by atoms with van der Waals surface area (Å²) in [6, 6.07) is 14.8. The van der Waals surface area contributed by atoms with Crippen LogP contribution in [0.3, 0.4) is 0 Å². The molecular weight excluding hydrogens is 569 g/mol. The minimum Gasteiger partial charge on any atom is -0.490 e. The van der Waals surface area contributed by atoms with Crippen LogP contribution in [0, 0.1) is 4.91 Å². The van der Waals surface area contributed by atoms with Crippen molar-refractivity contribution in [1.82, 2.24) is 9.29 Å². The molecule has 0 atom stereocenters. The van der Waals surface area contributed by atoms with Crippen molar-refractivity contribution < 1.29 is 22.7 Å². The second-order valence-corrected chi connectivity index (χ2v) is 11.0. The van der Waals surface area contributed by atoms with E-state index in [9.17, 15) is 22.9 Å². The number of hydrogen-bond donors (Lipinski definition) is 1. The second-order valence-electron chi connectivity index (χ2n) is 8.32. The molecule has 1 N–H and O–H groups in total. The molecular formula is C26H27Cl2N3O7S. The van der Waals surface area contributed by atoms with Crippen LogP contribution in [-0.2, 0) is 29.6 Å². The lowest BCUT2D eigenvalue weighted by Gasteiger charge is -2.17. The van der Waals surface area contributed by atoms with Gasteiger partial charge < -0.3 is 14.0 Å². The number of hydrogen-bond acceptors (Lipinski definition) is 8. The average molecular weight is 596 g/mol. The van der Waals surface area contributed by atoms with Gasteiger partial charge in [-0.3, -0.25) is 9.59 Å². The fraction of sp³-hybridized carbons (Fsp3) is 0.308. The maximum Gasteiger partial charge on any atom is 0.269 e. The summed E-state index contributed by atoms with van der Waals surface area (Å²) in [7, 11) is -3.89. The van der Waals surface area contributed by atoms with Crippen molar-refractivity contribution in [3.8, 4) is 11.5 Å². The number of nitroso groups, excluding NO2 is 1. The van der Waals surface area contributed by atoms with E-state index in [2.05, 4.69) is 5.18 Å². The first-order valence-electron chi connectivity index (χ1n) is 12.0. The molecule has 3 rings (SSSR count). The highest BCUT2D eigenvalue weighted by Crippen LogP contribution is 2.28. The minimum absolute atomic E-state index is 0.00811. The SMILES string of the molecule is CCOc1ccccc1OCc1c(Cl)cc(Cl)c(=O)n1CCc1ccc(C(=O)NS(=O)(=O)CCCN=O)cc1. The number of aryl methyl sites for hydroxylation is 1. The maximum atomic E-state index is 12.9. The molecule has 10 nitrogen and oxygen atoms in total. The zero-order valence-corrected chi connectivity index (χ0v) is 23.4. The predicted molar refractivity (Wildman–Crippen MR) is 149 cm³/mol. The molecule has 0 radical (unpaired) electrons. The van der Waals surface area contributed by atoms with Gasteiger partial charge in [0.1, 0.15) is 11.6 Å². The van der Waals surface area contributed by atoms with Crippen molar-refractivity contribution in [3.63, 3.8) is 0 Å². The fourth-order valence-corrected chi connectivity index (χ4v) is 5.19. The van der Waals surface area contributed by atoms with Crippen LogP contribution in [0.1, 0.15) is 35.0 Å². The quantitative estimate of drug-likeness (QED) is 0.213. The summed E-state index contributed by atoms with van der Waals surface area (Å²) < 4.78 is 38.9. The number of nitrogens with one attached hydrogen (secondary N) is 1. The van der Waals surface area contributed by atoms with Gasteiger partial charge in [0.25, 0.3) is 11.5 Å². The molecule has 1 amide bonds. The van der Waals surface area contributed by atoms with Crippen LogP contribution in [0.5, 0.6) is 11.5 Å². The number of amides is 1. The normalized spacial score (nSPS) is 11.2. The molecule has 208 valence electrons. The van der Waals surface area contributed by atoms with Crippen LogP contribution in [0.2, 0.25) is 10.0 Å². The Labute approximate surface area is 235 Å². The summed E-state index contributed by atoms with van der Waals surface area (Å²) in [6.07, 6.45) is 0.405. The topological polar surface area (TPSA) is 133 Å². The molecule has 0 saturated carbocycles. The Hall–Kier alpha value is -3.41. The van der Waals surface area contributed by atoms with Gasteiger partial charge in [-0.2, -0.15) is 4.91 Å². The van der Waals surface area contributed by atoms with Gasteiger partial charge in [0, 0.05) is 12.1 Å². The number of nitrogens with zero attached hydrogens (tertiary/aromatic N) is 2. The highest BCUT2D eigenvalue weighted by molar-refractivity contribution is 7.90. The molecule has 13 heteroatoms. The van der Waals surface area contributed by atoms with Crippen molar-refractivity contribution in [2.45, 2.75) is 32.9 Å². The van der Waals surface area contributed by atoms with Crippen molar-refractivity contribution >= 4 is 39.1 Å². The van der Waals surface area contributed by atoms with Crippen molar-refractivity contribution in [2.75, 3.05) is 18.9 Å². The molecule has 0 fully saturated rings. The van der Waals surface area contributed by atoms with Crippen LogP contribution >= 0.6 is 23.2 Å². The second kappa shape index (κ2) is 14.1. The number of carbonyl (C=O) groups is 1. The first kappa shape index (κ1) is 30.1. The van der Waals surface area contributed by atoms with Gasteiger partial charge in [0.05, 0.1) is 29.6 Å². The number of para-hydroxylation sites is 2. The number of ether oxygens (including phenoxy) is 2. The van der Waals surface area contributed by atoms with Crippen LogP contribution in [0.15, 0.2) is 64.6 Å². The summed E-state index contributed by atoms with van der Waals surface area (Å²) in [5, 5.41) is 2.84. The molecule has 1 heterocycles. The van der Waals surface area contributed by atoms with E-state index in [1.54, 1.807) is 30.3 Å². The molecule has 0 aliphatic heterocycles. The molecule has 0 aliphatic carbocycles. The number of rotatable bonds is 14. The van der Waals surface area contributed by atoms with Crippen molar-refractivity contribution in [1.29, 1.82) is 0 Å². The Morgan fingerprint density at radius 2 is 1.69 bits per heavy atom. The van der Waals surface area contributed by atoms with Crippen molar-refractivity contribution in [2.24, 2.45) is 5.18 Å². The van der Waals surface area contributed by atoms with Gasteiger partial charge >= 0.3 is 0 Å². The number of pyridine rings is 1. The minimum atomic E-state index is -3.89. The van der Waals surface area contributed by atoms with Gasteiger partial charge in [-0.1, -0.05) is 52.6 Å². The molecule has 0 spiro atoms. The Bertz CT molecular complexity index is 1480. The van der Waals surface area contributed by atoms with E-state index in [1.165, 1.54) is 22.8 Å². The van der Waals surface area contributed by atoms with Gasteiger partial charge in [-0.05, 0) is 55.7 Å². The third-order valence-electron chi connectivity index (χ3n) is 5.57. The smallest absolute Gasteiger partial charge is 0.269 e. The summed E-state index contributed by atoms with van der Waals surface area (Å²) in [6.45, 7) is 2.38. The number of aromatic nitrogens is 1. The summed E-state index contributed by atoms with van der Waals surface area (Å²) in [5.74, 6) is -0.109. The van der Waals surface area contributed by atoms with Crippen LogP contribution in [0.4, 0.5) is 0 Å². The van der Waals surface area contributed by atoms with Crippen molar-refractivity contribution in [3.05, 3.63) is 96.7 Å². The van der Waals surface area contributed by atoms with Gasteiger partial charge in [0.2, 0.25) is 10.0 Å². The first-order valence-corrected chi connectivity index (χ1v) is 14.4.